The van der Waals surface area contributed by atoms with Crippen molar-refractivity contribution in [2.24, 2.45) is 0 Å². The average Bonchev–Trinajstić information content (AvgIpc) is 2.67. The summed E-state index contributed by atoms with van der Waals surface area (Å²) in [5, 5.41) is 2.70. The van der Waals surface area contributed by atoms with Crippen molar-refractivity contribution < 1.29 is 23.5 Å². The molecule has 0 fully saturated rings. The Morgan fingerprint density at radius 2 is 1.82 bits per heavy atom. The van der Waals surface area contributed by atoms with Crippen LogP contribution in [0.3, 0.4) is 0 Å². The van der Waals surface area contributed by atoms with Crippen LogP contribution in [0.5, 0.6) is 5.75 Å². The molecular formula is C23H19FO4. The smallest absolute Gasteiger partial charge is 0.335 e. The van der Waals surface area contributed by atoms with E-state index in [1.54, 1.807) is 19.1 Å². The van der Waals surface area contributed by atoms with Gasteiger partial charge < -0.3 is 9.47 Å². The number of ether oxygens (including phenoxy) is 2. The third-order valence-electron chi connectivity index (χ3n) is 4.29. The molecule has 0 amide bonds. The summed E-state index contributed by atoms with van der Waals surface area (Å²) < 4.78 is 24.8. The monoisotopic (exact) mass is 378 g/mol. The summed E-state index contributed by atoms with van der Waals surface area (Å²) in [6, 6.07) is 12.0. The van der Waals surface area contributed by atoms with Gasteiger partial charge in [0.05, 0.1) is 6.61 Å². The van der Waals surface area contributed by atoms with Gasteiger partial charge in [-0.2, -0.15) is 0 Å². The van der Waals surface area contributed by atoms with Crippen molar-refractivity contribution >= 4 is 33.5 Å². The molecule has 0 spiro atoms. The van der Waals surface area contributed by atoms with Gasteiger partial charge in [0.25, 0.3) is 0 Å². The van der Waals surface area contributed by atoms with E-state index in [9.17, 15) is 14.0 Å². The highest BCUT2D eigenvalue weighted by Crippen LogP contribution is 2.31. The van der Waals surface area contributed by atoms with Gasteiger partial charge in [0.1, 0.15) is 11.6 Å². The minimum Gasteiger partial charge on any atom is -0.462 e. The van der Waals surface area contributed by atoms with E-state index < -0.39 is 17.8 Å². The van der Waals surface area contributed by atoms with E-state index >= 15 is 0 Å². The minimum absolute atomic E-state index is 0.227. The second kappa shape index (κ2) is 8.05. The number of carbonyl (C=O) groups excluding carboxylic acids is 2. The lowest BCUT2D eigenvalue weighted by Gasteiger charge is -2.10. The molecule has 0 aliphatic heterocycles. The van der Waals surface area contributed by atoms with Crippen molar-refractivity contribution in [2.75, 3.05) is 6.61 Å². The molecule has 4 nitrogen and oxygen atoms in total. The van der Waals surface area contributed by atoms with Crippen LogP contribution in [0.4, 0.5) is 4.39 Å². The van der Waals surface area contributed by atoms with E-state index in [0.717, 1.165) is 22.4 Å². The van der Waals surface area contributed by atoms with Crippen molar-refractivity contribution in [1.29, 1.82) is 0 Å². The summed E-state index contributed by atoms with van der Waals surface area (Å²) in [5.41, 5.74) is 1.28. The average molecular weight is 378 g/mol. The first-order valence-electron chi connectivity index (χ1n) is 8.71. The number of benzene rings is 3. The molecule has 0 radical (unpaired) electrons. The van der Waals surface area contributed by atoms with Gasteiger partial charge in [-0.15, -0.1) is 0 Å². The van der Waals surface area contributed by atoms with Gasteiger partial charge in [-0.3, -0.25) is 0 Å². The Morgan fingerprint density at radius 1 is 1.07 bits per heavy atom. The zero-order valence-corrected chi connectivity index (χ0v) is 15.5. The topological polar surface area (TPSA) is 52.6 Å². The molecule has 142 valence electrons. The SMILES string of the molecule is C=CC(=O)Oc1ccc2c(c1)c(F)cc1cc(CCOC(=O)C(=C)C)ccc12. The predicted molar refractivity (Wildman–Crippen MR) is 107 cm³/mol. The first-order valence-corrected chi connectivity index (χ1v) is 8.71. The minimum atomic E-state index is -0.600. The number of hydrogen-bond donors (Lipinski definition) is 0. The third kappa shape index (κ3) is 4.09. The Kier molecular flexibility index (Phi) is 5.54. The van der Waals surface area contributed by atoms with E-state index in [2.05, 4.69) is 13.2 Å². The molecule has 0 saturated heterocycles. The Morgan fingerprint density at radius 3 is 2.54 bits per heavy atom. The van der Waals surface area contributed by atoms with Gasteiger partial charge in [-0.25, -0.2) is 14.0 Å². The number of carbonyl (C=O) groups is 2. The van der Waals surface area contributed by atoms with Crippen LogP contribution in [0.15, 0.2) is 67.3 Å². The number of esters is 2. The maximum atomic E-state index is 14.7. The predicted octanol–water partition coefficient (Wildman–Crippen LogP) is 4.89. The molecule has 0 aliphatic carbocycles. The van der Waals surface area contributed by atoms with E-state index in [1.807, 2.05) is 18.2 Å². The molecule has 0 aromatic heterocycles. The summed E-state index contributed by atoms with van der Waals surface area (Å²) in [7, 11) is 0. The summed E-state index contributed by atoms with van der Waals surface area (Å²) in [4.78, 5) is 22.8. The number of fused-ring (bicyclic) bond motifs is 3. The standard InChI is InChI=1S/C23H19FO4/c1-4-22(25)28-17-6-8-19-18-7-5-15(9-10-27-23(26)14(2)3)11-16(18)12-21(24)20(19)13-17/h4-8,11-13H,1-2,9-10H2,3H3. The van der Waals surface area contributed by atoms with E-state index in [-0.39, 0.29) is 12.4 Å². The van der Waals surface area contributed by atoms with E-state index in [4.69, 9.17) is 9.47 Å². The van der Waals surface area contributed by atoms with E-state index in [1.165, 1.54) is 12.1 Å². The molecule has 0 heterocycles. The summed E-state index contributed by atoms with van der Waals surface area (Å²) in [6.07, 6.45) is 1.57. The van der Waals surface area contributed by atoms with Crippen LogP contribution in [0.2, 0.25) is 0 Å². The largest absolute Gasteiger partial charge is 0.462 e. The second-order valence-electron chi connectivity index (χ2n) is 6.41. The van der Waals surface area contributed by atoms with Crippen LogP contribution in [-0.2, 0) is 20.7 Å². The quantitative estimate of drug-likeness (QED) is 0.265. The Balaban J connectivity index is 1.90. The molecule has 28 heavy (non-hydrogen) atoms. The molecule has 0 unspecified atom stereocenters. The van der Waals surface area contributed by atoms with Gasteiger partial charge in [0, 0.05) is 23.5 Å². The highest BCUT2D eigenvalue weighted by Gasteiger charge is 2.10. The van der Waals surface area contributed by atoms with Crippen LogP contribution < -0.4 is 4.74 Å². The van der Waals surface area contributed by atoms with Gasteiger partial charge in [0.15, 0.2) is 0 Å². The first-order chi connectivity index (χ1) is 13.4. The number of hydrogen-bond acceptors (Lipinski definition) is 4. The zero-order chi connectivity index (χ0) is 20.3. The van der Waals surface area contributed by atoms with Gasteiger partial charge >= 0.3 is 11.9 Å². The van der Waals surface area contributed by atoms with Gasteiger partial charge in [-0.1, -0.05) is 31.4 Å². The first kappa shape index (κ1) is 19.3. The van der Waals surface area contributed by atoms with Gasteiger partial charge in [0.2, 0.25) is 0 Å². The van der Waals surface area contributed by atoms with Crippen molar-refractivity contribution in [2.45, 2.75) is 13.3 Å². The Bertz CT molecular complexity index is 1110. The maximum Gasteiger partial charge on any atom is 0.335 e. The van der Waals surface area contributed by atoms with Crippen molar-refractivity contribution in [1.82, 2.24) is 0 Å². The fourth-order valence-electron chi connectivity index (χ4n) is 2.91. The molecule has 3 aromatic carbocycles. The molecule has 5 heteroatoms. The Hall–Kier alpha value is -3.47. The summed E-state index contributed by atoms with van der Waals surface area (Å²) >= 11 is 0. The van der Waals surface area contributed by atoms with Crippen LogP contribution >= 0.6 is 0 Å². The molecular weight excluding hydrogens is 359 g/mol. The lowest BCUT2D eigenvalue weighted by molar-refractivity contribution is -0.138. The molecule has 0 bridgehead atoms. The maximum absolute atomic E-state index is 14.7. The van der Waals surface area contributed by atoms with Crippen LogP contribution in [0.25, 0.3) is 21.5 Å². The third-order valence-corrected chi connectivity index (χ3v) is 4.29. The highest BCUT2D eigenvalue weighted by molar-refractivity contribution is 6.08. The molecule has 0 N–H and O–H groups in total. The fourth-order valence-corrected chi connectivity index (χ4v) is 2.91. The normalized spacial score (nSPS) is 10.6. The fraction of sp³-hybridized carbons (Fsp3) is 0.130. The van der Waals surface area contributed by atoms with Crippen molar-refractivity contribution in [3.05, 3.63) is 78.7 Å². The lowest BCUT2D eigenvalue weighted by atomic mass is 9.98. The van der Waals surface area contributed by atoms with E-state index in [0.29, 0.717) is 22.8 Å². The molecule has 3 rings (SSSR count). The molecule has 0 aliphatic rings. The molecule has 0 saturated carbocycles. The van der Waals surface area contributed by atoms with Crippen molar-refractivity contribution in [3.8, 4) is 5.75 Å². The summed E-state index contributed by atoms with van der Waals surface area (Å²) in [5.74, 6) is -1.18. The lowest BCUT2D eigenvalue weighted by Crippen LogP contribution is -2.08. The molecule has 0 atom stereocenters. The van der Waals surface area contributed by atoms with Crippen molar-refractivity contribution in [3.63, 3.8) is 0 Å². The van der Waals surface area contributed by atoms with Crippen LogP contribution in [-0.4, -0.2) is 18.5 Å². The number of rotatable bonds is 6. The molecule has 3 aromatic rings. The number of halogens is 1. The van der Waals surface area contributed by atoms with Gasteiger partial charge in [-0.05, 0) is 52.9 Å². The zero-order valence-electron chi connectivity index (χ0n) is 15.5. The summed E-state index contributed by atoms with van der Waals surface area (Å²) in [6.45, 7) is 8.70. The van der Waals surface area contributed by atoms with Crippen LogP contribution in [0.1, 0.15) is 12.5 Å². The highest BCUT2D eigenvalue weighted by atomic mass is 19.1. The Labute approximate surface area is 161 Å². The second-order valence-corrected chi connectivity index (χ2v) is 6.41. The van der Waals surface area contributed by atoms with Crippen LogP contribution in [0, 0.1) is 5.82 Å².